The summed E-state index contributed by atoms with van der Waals surface area (Å²) in [4.78, 5) is 13.1. The number of hydrogen-bond acceptors (Lipinski definition) is 4. The molecule has 0 spiro atoms. The first-order valence-electron chi connectivity index (χ1n) is 5.58. The van der Waals surface area contributed by atoms with Gasteiger partial charge in [-0.1, -0.05) is 0 Å². The standard InChI is InChI=1S/C13H16N4/c1-8-5-6-11(7-15-8)12-9(2)13(14-4)17-10(3)16-12/h5-7H,1-4H3,(H,14,16,17). The molecular formula is C13H16N4. The largest absolute Gasteiger partial charge is 0.373 e. The predicted octanol–water partition coefficient (Wildman–Crippen LogP) is 2.51. The molecule has 0 aliphatic carbocycles. The van der Waals surface area contributed by atoms with Crippen molar-refractivity contribution in [1.29, 1.82) is 0 Å². The summed E-state index contributed by atoms with van der Waals surface area (Å²) in [6, 6.07) is 4.03. The smallest absolute Gasteiger partial charge is 0.132 e. The van der Waals surface area contributed by atoms with Crippen LogP contribution < -0.4 is 5.32 Å². The molecule has 88 valence electrons. The lowest BCUT2D eigenvalue weighted by molar-refractivity contribution is 1.03. The summed E-state index contributed by atoms with van der Waals surface area (Å²) < 4.78 is 0. The van der Waals surface area contributed by atoms with Gasteiger partial charge in [-0.25, -0.2) is 9.97 Å². The highest BCUT2D eigenvalue weighted by Gasteiger charge is 2.10. The van der Waals surface area contributed by atoms with Crippen LogP contribution in [0.2, 0.25) is 0 Å². The number of anilines is 1. The third kappa shape index (κ3) is 2.25. The van der Waals surface area contributed by atoms with Crippen molar-refractivity contribution in [1.82, 2.24) is 15.0 Å². The van der Waals surface area contributed by atoms with E-state index in [1.807, 2.05) is 46.1 Å². The topological polar surface area (TPSA) is 50.7 Å². The van der Waals surface area contributed by atoms with Crippen LogP contribution in [-0.4, -0.2) is 22.0 Å². The minimum absolute atomic E-state index is 0.760. The van der Waals surface area contributed by atoms with Crippen molar-refractivity contribution in [3.63, 3.8) is 0 Å². The van der Waals surface area contributed by atoms with E-state index in [-0.39, 0.29) is 0 Å². The Labute approximate surface area is 101 Å². The summed E-state index contributed by atoms with van der Waals surface area (Å²) >= 11 is 0. The Bertz CT molecular complexity index is 532. The molecule has 0 saturated heterocycles. The van der Waals surface area contributed by atoms with E-state index in [0.717, 1.165) is 34.2 Å². The summed E-state index contributed by atoms with van der Waals surface area (Å²) in [7, 11) is 1.87. The Morgan fingerprint density at radius 3 is 2.41 bits per heavy atom. The average molecular weight is 228 g/mol. The highest BCUT2D eigenvalue weighted by Crippen LogP contribution is 2.24. The molecule has 17 heavy (non-hydrogen) atoms. The van der Waals surface area contributed by atoms with Gasteiger partial charge in [0.25, 0.3) is 0 Å². The molecule has 4 nitrogen and oxygen atoms in total. The number of pyridine rings is 1. The molecule has 0 aliphatic rings. The lowest BCUT2D eigenvalue weighted by atomic mass is 10.1. The van der Waals surface area contributed by atoms with Crippen LogP contribution in [0.1, 0.15) is 17.1 Å². The summed E-state index contributed by atoms with van der Waals surface area (Å²) in [6.07, 6.45) is 1.85. The average Bonchev–Trinajstić information content (AvgIpc) is 2.33. The zero-order chi connectivity index (χ0) is 12.4. The Hall–Kier alpha value is -1.97. The van der Waals surface area contributed by atoms with Gasteiger partial charge in [-0.2, -0.15) is 0 Å². The molecule has 2 aromatic heterocycles. The van der Waals surface area contributed by atoms with E-state index in [1.54, 1.807) is 0 Å². The van der Waals surface area contributed by atoms with Crippen LogP contribution >= 0.6 is 0 Å². The van der Waals surface area contributed by atoms with Gasteiger partial charge in [0.15, 0.2) is 0 Å². The molecule has 0 atom stereocenters. The molecule has 0 bridgehead atoms. The third-order valence-corrected chi connectivity index (χ3v) is 2.68. The number of nitrogens with zero attached hydrogens (tertiary/aromatic N) is 3. The first-order chi connectivity index (χ1) is 8.11. The SMILES string of the molecule is CNc1nc(C)nc(-c2ccc(C)nc2)c1C. The van der Waals surface area contributed by atoms with Gasteiger partial charge in [-0.15, -0.1) is 0 Å². The van der Waals surface area contributed by atoms with E-state index in [1.165, 1.54) is 0 Å². The zero-order valence-corrected chi connectivity index (χ0v) is 10.6. The molecule has 0 fully saturated rings. The Balaban J connectivity index is 2.58. The Morgan fingerprint density at radius 2 is 1.82 bits per heavy atom. The Kier molecular flexibility index (Phi) is 3.04. The number of aryl methyl sites for hydroxylation is 2. The highest BCUT2D eigenvalue weighted by molar-refractivity contribution is 5.67. The van der Waals surface area contributed by atoms with Gasteiger partial charge in [0.1, 0.15) is 11.6 Å². The fourth-order valence-electron chi connectivity index (χ4n) is 1.76. The van der Waals surface area contributed by atoms with Crippen molar-refractivity contribution in [2.24, 2.45) is 0 Å². The third-order valence-electron chi connectivity index (χ3n) is 2.68. The summed E-state index contributed by atoms with van der Waals surface area (Å²) in [5, 5.41) is 3.09. The van der Waals surface area contributed by atoms with Crippen LogP contribution in [0.3, 0.4) is 0 Å². The van der Waals surface area contributed by atoms with Crippen LogP contribution in [0, 0.1) is 20.8 Å². The predicted molar refractivity (Wildman–Crippen MR) is 69.0 cm³/mol. The second-order valence-electron chi connectivity index (χ2n) is 4.03. The molecule has 1 N–H and O–H groups in total. The van der Waals surface area contributed by atoms with E-state index in [2.05, 4.69) is 20.3 Å². The van der Waals surface area contributed by atoms with Gasteiger partial charge in [0, 0.05) is 30.1 Å². The minimum Gasteiger partial charge on any atom is -0.373 e. The van der Waals surface area contributed by atoms with Crippen molar-refractivity contribution < 1.29 is 0 Å². The normalized spacial score (nSPS) is 10.4. The lowest BCUT2D eigenvalue weighted by Gasteiger charge is -2.10. The number of hydrogen-bond donors (Lipinski definition) is 1. The highest BCUT2D eigenvalue weighted by atomic mass is 15.0. The maximum Gasteiger partial charge on any atom is 0.132 e. The molecule has 0 unspecified atom stereocenters. The molecule has 4 heteroatoms. The summed E-state index contributed by atoms with van der Waals surface area (Å²) in [5.74, 6) is 1.63. The van der Waals surface area contributed by atoms with Crippen molar-refractivity contribution in [2.45, 2.75) is 20.8 Å². The molecular weight excluding hydrogens is 212 g/mol. The maximum absolute atomic E-state index is 4.49. The van der Waals surface area contributed by atoms with Crippen LogP contribution in [0.25, 0.3) is 11.3 Å². The number of nitrogens with one attached hydrogen (secondary N) is 1. The fourth-order valence-corrected chi connectivity index (χ4v) is 1.76. The molecule has 2 aromatic rings. The van der Waals surface area contributed by atoms with Gasteiger partial charge in [-0.05, 0) is 32.9 Å². The van der Waals surface area contributed by atoms with Crippen LogP contribution in [0.5, 0.6) is 0 Å². The molecule has 2 rings (SSSR count). The van der Waals surface area contributed by atoms with Crippen molar-refractivity contribution in [3.05, 3.63) is 35.4 Å². The maximum atomic E-state index is 4.49. The monoisotopic (exact) mass is 228 g/mol. The minimum atomic E-state index is 0.760. The van der Waals surface area contributed by atoms with Crippen LogP contribution in [0.4, 0.5) is 5.82 Å². The molecule has 0 aromatic carbocycles. The van der Waals surface area contributed by atoms with E-state index in [9.17, 15) is 0 Å². The Morgan fingerprint density at radius 1 is 1.06 bits per heavy atom. The summed E-state index contributed by atoms with van der Waals surface area (Å²) in [6.45, 7) is 5.88. The van der Waals surface area contributed by atoms with Gasteiger partial charge in [0.05, 0.1) is 5.69 Å². The molecule has 0 saturated carbocycles. The van der Waals surface area contributed by atoms with Crippen molar-refractivity contribution in [3.8, 4) is 11.3 Å². The van der Waals surface area contributed by atoms with Gasteiger partial charge in [-0.3, -0.25) is 4.98 Å². The zero-order valence-electron chi connectivity index (χ0n) is 10.6. The first kappa shape index (κ1) is 11.5. The van der Waals surface area contributed by atoms with Crippen LogP contribution in [0.15, 0.2) is 18.3 Å². The molecule has 0 aliphatic heterocycles. The quantitative estimate of drug-likeness (QED) is 0.858. The fraction of sp³-hybridized carbons (Fsp3) is 0.308. The van der Waals surface area contributed by atoms with E-state index in [4.69, 9.17) is 0 Å². The lowest BCUT2D eigenvalue weighted by Crippen LogP contribution is -2.02. The second kappa shape index (κ2) is 4.49. The van der Waals surface area contributed by atoms with Gasteiger partial charge in [0.2, 0.25) is 0 Å². The number of aromatic nitrogens is 3. The van der Waals surface area contributed by atoms with E-state index >= 15 is 0 Å². The second-order valence-corrected chi connectivity index (χ2v) is 4.03. The van der Waals surface area contributed by atoms with Crippen molar-refractivity contribution in [2.75, 3.05) is 12.4 Å². The van der Waals surface area contributed by atoms with Gasteiger partial charge < -0.3 is 5.32 Å². The number of rotatable bonds is 2. The molecule has 0 amide bonds. The first-order valence-corrected chi connectivity index (χ1v) is 5.58. The van der Waals surface area contributed by atoms with Crippen LogP contribution in [-0.2, 0) is 0 Å². The molecule has 0 radical (unpaired) electrons. The van der Waals surface area contributed by atoms with Gasteiger partial charge >= 0.3 is 0 Å². The van der Waals surface area contributed by atoms with E-state index in [0.29, 0.717) is 0 Å². The summed E-state index contributed by atoms with van der Waals surface area (Å²) in [5.41, 5.74) is 4.01. The molecule has 2 heterocycles. The van der Waals surface area contributed by atoms with Crippen molar-refractivity contribution >= 4 is 5.82 Å². The van der Waals surface area contributed by atoms with E-state index < -0.39 is 0 Å².